The maximum absolute atomic E-state index is 13.2. The zero-order valence-corrected chi connectivity index (χ0v) is 16.3. The number of aliphatic hydroxyl groups is 1. The summed E-state index contributed by atoms with van der Waals surface area (Å²) in [6, 6.07) is 15.2. The first kappa shape index (κ1) is 20.0. The summed E-state index contributed by atoms with van der Waals surface area (Å²) >= 11 is 0. The van der Waals surface area contributed by atoms with E-state index in [2.05, 4.69) is 16.4 Å². The molecule has 1 amide bonds. The molecule has 2 aromatic carbocycles. The van der Waals surface area contributed by atoms with Gasteiger partial charge in [-0.3, -0.25) is 14.7 Å². The van der Waals surface area contributed by atoms with Gasteiger partial charge in [-0.2, -0.15) is 5.26 Å². The van der Waals surface area contributed by atoms with Gasteiger partial charge in [0.2, 0.25) is 0 Å². The third-order valence-corrected chi connectivity index (χ3v) is 5.44. The number of nitrogens with one attached hydrogen (secondary N) is 1. The van der Waals surface area contributed by atoms with Crippen molar-refractivity contribution in [2.75, 3.05) is 13.1 Å². The van der Waals surface area contributed by atoms with Gasteiger partial charge in [-0.05, 0) is 48.2 Å². The lowest BCUT2D eigenvalue weighted by Crippen LogP contribution is -2.45. The lowest BCUT2D eigenvalue weighted by atomic mass is 10.0. The van der Waals surface area contributed by atoms with Gasteiger partial charge in [-0.15, -0.1) is 0 Å². The standard InChI is InChI=1S/C23H21FN4O2/c24-17-6-3-15(4-7-17)16-5-8-19-20(9-10-26-21(19)12-16)23(30)27-14-22(29)28-11-1-2-18(28)13-25/h3-10,12,18,22,29H,1-2,11,14H2,(H,27,30)/t18-,22-/m0/s1. The lowest BCUT2D eigenvalue weighted by Gasteiger charge is -2.25. The van der Waals surface area contributed by atoms with Crippen LogP contribution in [0.5, 0.6) is 0 Å². The Hall–Kier alpha value is -3.34. The van der Waals surface area contributed by atoms with Crippen molar-refractivity contribution in [1.82, 2.24) is 15.2 Å². The van der Waals surface area contributed by atoms with Crippen molar-refractivity contribution < 1.29 is 14.3 Å². The molecule has 1 fully saturated rings. The first-order valence-electron chi connectivity index (χ1n) is 9.83. The fraction of sp³-hybridized carbons (Fsp3) is 0.261. The average Bonchev–Trinajstić information content (AvgIpc) is 3.26. The van der Waals surface area contributed by atoms with Crippen LogP contribution in [0.2, 0.25) is 0 Å². The van der Waals surface area contributed by atoms with Crippen LogP contribution < -0.4 is 5.32 Å². The van der Waals surface area contributed by atoms with Crippen LogP contribution in [0.1, 0.15) is 23.2 Å². The van der Waals surface area contributed by atoms with E-state index < -0.39 is 6.23 Å². The van der Waals surface area contributed by atoms with Crippen LogP contribution in [0.15, 0.2) is 54.7 Å². The van der Waals surface area contributed by atoms with Crippen molar-refractivity contribution in [3.63, 3.8) is 0 Å². The summed E-state index contributed by atoms with van der Waals surface area (Å²) in [4.78, 5) is 18.8. The van der Waals surface area contributed by atoms with E-state index in [-0.39, 0.29) is 24.3 Å². The molecule has 1 aromatic heterocycles. The third kappa shape index (κ3) is 4.01. The van der Waals surface area contributed by atoms with E-state index in [0.29, 0.717) is 23.0 Å². The maximum Gasteiger partial charge on any atom is 0.252 e. The van der Waals surface area contributed by atoms with E-state index in [0.717, 1.165) is 24.0 Å². The topological polar surface area (TPSA) is 89.3 Å². The minimum Gasteiger partial charge on any atom is -0.376 e. The Kier molecular flexibility index (Phi) is 5.70. The number of nitrogens with zero attached hydrogens (tertiary/aromatic N) is 3. The highest BCUT2D eigenvalue weighted by molar-refractivity contribution is 6.06. The number of benzene rings is 2. The van der Waals surface area contributed by atoms with Gasteiger partial charge in [0.1, 0.15) is 12.0 Å². The Bertz CT molecular complexity index is 1110. The molecule has 0 unspecified atom stereocenters. The summed E-state index contributed by atoms with van der Waals surface area (Å²) in [6.07, 6.45) is 2.25. The van der Waals surface area contributed by atoms with Crippen LogP contribution >= 0.6 is 0 Å². The summed E-state index contributed by atoms with van der Waals surface area (Å²) < 4.78 is 13.2. The number of aliphatic hydroxyl groups excluding tert-OH is 1. The lowest BCUT2D eigenvalue weighted by molar-refractivity contribution is 0.00811. The zero-order valence-electron chi connectivity index (χ0n) is 16.3. The fourth-order valence-corrected chi connectivity index (χ4v) is 3.85. The van der Waals surface area contributed by atoms with Gasteiger partial charge < -0.3 is 10.4 Å². The number of rotatable bonds is 5. The van der Waals surface area contributed by atoms with Crippen LogP contribution in [0, 0.1) is 17.1 Å². The first-order valence-corrected chi connectivity index (χ1v) is 9.83. The molecule has 6 nitrogen and oxygen atoms in total. The normalized spacial score (nSPS) is 17.6. The largest absolute Gasteiger partial charge is 0.376 e. The molecule has 3 aromatic rings. The quantitative estimate of drug-likeness (QED) is 0.682. The Morgan fingerprint density at radius 3 is 2.80 bits per heavy atom. The van der Waals surface area contributed by atoms with Crippen LogP contribution in [-0.2, 0) is 0 Å². The minimum absolute atomic E-state index is 0.0362. The summed E-state index contributed by atoms with van der Waals surface area (Å²) in [5, 5.41) is 23.0. The van der Waals surface area contributed by atoms with Gasteiger partial charge in [0.15, 0.2) is 0 Å². The minimum atomic E-state index is -0.903. The molecule has 2 atom stereocenters. The summed E-state index contributed by atoms with van der Waals surface area (Å²) in [5.41, 5.74) is 2.83. The molecule has 1 aliphatic rings. The van der Waals surface area contributed by atoms with Crippen molar-refractivity contribution >= 4 is 16.8 Å². The molecular weight excluding hydrogens is 383 g/mol. The van der Waals surface area contributed by atoms with E-state index in [9.17, 15) is 14.3 Å². The molecule has 0 spiro atoms. The summed E-state index contributed by atoms with van der Waals surface area (Å²) in [5.74, 6) is -0.613. The smallest absolute Gasteiger partial charge is 0.252 e. The average molecular weight is 404 g/mol. The summed E-state index contributed by atoms with van der Waals surface area (Å²) in [7, 11) is 0. The number of hydrogen-bond acceptors (Lipinski definition) is 5. The number of fused-ring (bicyclic) bond motifs is 1. The van der Waals surface area contributed by atoms with Crippen molar-refractivity contribution in [3.8, 4) is 17.2 Å². The van der Waals surface area contributed by atoms with Crippen molar-refractivity contribution in [2.45, 2.75) is 25.1 Å². The second-order valence-corrected chi connectivity index (χ2v) is 7.31. The number of likely N-dealkylation sites (tertiary alicyclic amines) is 1. The molecule has 152 valence electrons. The van der Waals surface area contributed by atoms with Gasteiger partial charge in [0.25, 0.3) is 5.91 Å². The molecule has 7 heteroatoms. The number of carbonyl (C=O) groups excluding carboxylic acids is 1. The second-order valence-electron chi connectivity index (χ2n) is 7.31. The number of halogens is 1. The van der Waals surface area contributed by atoms with Crippen molar-refractivity contribution in [2.24, 2.45) is 0 Å². The van der Waals surface area contributed by atoms with Crippen molar-refractivity contribution in [3.05, 3.63) is 66.1 Å². The van der Waals surface area contributed by atoms with Crippen LogP contribution in [0.4, 0.5) is 4.39 Å². The molecule has 30 heavy (non-hydrogen) atoms. The van der Waals surface area contributed by atoms with Gasteiger partial charge in [0.05, 0.1) is 29.7 Å². The van der Waals surface area contributed by atoms with Crippen LogP contribution in [0.25, 0.3) is 22.0 Å². The molecule has 1 aliphatic heterocycles. The van der Waals surface area contributed by atoms with Gasteiger partial charge in [0, 0.05) is 18.1 Å². The van der Waals surface area contributed by atoms with Gasteiger partial charge >= 0.3 is 0 Å². The number of pyridine rings is 1. The Balaban J connectivity index is 1.51. The molecule has 0 saturated carbocycles. The number of amides is 1. The fourth-order valence-electron chi connectivity index (χ4n) is 3.85. The second kappa shape index (κ2) is 8.57. The Morgan fingerprint density at radius 2 is 2.03 bits per heavy atom. The Morgan fingerprint density at radius 1 is 1.27 bits per heavy atom. The predicted molar refractivity (Wildman–Crippen MR) is 111 cm³/mol. The number of carbonyl (C=O) groups is 1. The molecule has 0 radical (unpaired) electrons. The highest BCUT2D eigenvalue weighted by atomic mass is 19.1. The van der Waals surface area contributed by atoms with Gasteiger partial charge in [-0.25, -0.2) is 4.39 Å². The third-order valence-electron chi connectivity index (χ3n) is 5.44. The van der Waals surface area contributed by atoms with E-state index in [1.54, 1.807) is 29.3 Å². The SMILES string of the molecule is N#C[C@@H]1CCCN1[C@@H](O)CNC(=O)c1ccnc2cc(-c3ccc(F)cc3)ccc12. The number of aromatic nitrogens is 1. The molecule has 0 aliphatic carbocycles. The molecule has 0 bridgehead atoms. The van der Waals surface area contributed by atoms with E-state index in [1.165, 1.54) is 12.1 Å². The van der Waals surface area contributed by atoms with Crippen molar-refractivity contribution in [1.29, 1.82) is 5.26 Å². The van der Waals surface area contributed by atoms with Crippen LogP contribution in [-0.4, -0.2) is 46.3 Å². The molecule has 2 N–H and O–H groups in total. The van der Waals surface area contributed by atoms with Crippen LogP contribution in [0.3, 0.4) is 0 Å². The number of hydrogen-bond donors (Lipinski definition) is 2. The maximum atomic E-state index is 13.2. The van der Waals surface area contributed by atoms with E-state index in [1.807, 2.05) is 18.2 Å². The highest BCUT2D eigenvalue weighted by Gasteiger charge is 2.29. The first-order chi connectivity index (χ1) is 14.6. The van der Waals surface area contributed by atoms with E-state index >= 15 is 0 Å². The highest BCUT2D eigenvalue weighted by Crippen LogP contribution is 2.25. The van der Waals surface area contributed by atoms with Gasteiger partial charge in [-0.1, -0.05) is 24.3 Å². The summed E-state index contributed by atoms with van der Waals surface area (Å²) in [6.45, 7) is 0.675. The molecule has 4 rings (SSSR count). The molecule has 2 heterocycles. The van der Waals surface area contributed by atoms with E-state index in [4.69, 9.17) is 5.26 Å². The molecule has 1 saturated heterocycles. The number of nitriles is 1. The zero-order chi connectivity index (χ0) is 21.1. The predicted octanol–water partition coefficient (Wildman–Crippen LogP) is 3.08. The Labute approximate surface area is 173 Å². The monoisotopic (exact) mass is 404 g/mol. The molecular formula is C23H21FN4O2.